The molecule has 0 unspecified atom stereocenters. The van der Waals surface area contributed by atoms with Crippen LogP contribution < -0.4 is 0 Å². The number of rotatable bonds is 3. The van der Waals surface area contributed by atoms with Crippen molar-refractivity contribution in [3.63, 3.8) is 0 Å². The zero-order chi connectivity index (χ0) is 24.9. The van der Waals surface area contributed by atoms with Crippen molar-refractivity contribution >= 4 is 11.5 Å². The second-order valence-electron chi connectivity index (χ2n) is 11.9. The lowest BCUT2D eigenvalue weighted by molar-refractivity contribution is -0.236. The number of aliphatic hydroxyl groups is 2. The molecule has 0 aromatic rings. The van der Waals surface area contributed by atoms with E-state index in [1.807, 2.05) is 27.7 Å². The predicted molar refractivity (Wildman–Crippen MR) is 125 cm³/mol. The Labute approximate surface area is 200 Å². The van der Waals surface area contributed by atoms with Crippen molar-refractivity contribution in [2.45, 2.75) is 82.6 Å². The Hall–Kier alpha value is -1.61. The van der Waals surface area contributed by atoms with Crippen LogP contribution in [-0.2, 0) is 14.3 Å². The zero-order valence-corrected chi connectivity index (χ0v) is 21.0. The Kier molecular flexibility index (Phi) is 5.11. The summed E-state index contributed by atoms with van der Waals surface area (Å²) in [5.74, 6) is -1.66. The number of carbonyl (C=O) groups is 1. The maximum atomic E-state index is 17.4. The first-order valence-electron chi connectivity index (χ1n) is 12.3. The fourth-order valence-electron chi connectivity index (χ4n) is 8.29. The van der Waals surface area contributed by atoms with E-state index in [1.165, 1.54) is 6.08 Å². The van der Waals surface area contributed by atoms with Gasteiger partial charge in [-0.05, 0) is 64.5 Å². The highest BCUT2D eigenvalue weighted by molar-refractivity contribution is 6.01. The van der Waals surface area contributed by atoms with Gasteiger partial charge in [0, 0.05) is 30.8 Å². The highest BCUT2D eigenvalue weighted by Crippen LogP contribution is 2.72. The number of aliphatic hydroxyl groups excluding tert-OH is 2. The quantitative estimate of drug-likeness (QED) is 0.481. The summed E-state index contributed by atoms with van der Waals surface area (Å²) in [6.45, 7) is 7.22. The Morgan fingerprint density at radius 1 is 1.26 bits per heavy atom. The van der Waals surface area contributed by atoms with Gasteiger partial charge in [0.2, 0.25) is 0 Å². The minimum Gasteiger partial charge on any atom is -0.390 e. The number of alkyl halides is 1. The monoisotopic (exact) mass is 476 g/mol. The third kappa shape index (κ3) is 2.77. The van der Waals surface area contributed by atoms with Crippen LogP contribution in [0.3, 0.4) is 0 Å². The van der Waals surface area contributed by atoms with Gasteiger partial charge >= 0.3 is 0 Å². The van der Waals surface area contributed by atoms with Crippen LogP contribution in [0.1, 0.15) is 53.4 Å². The highest BCUT2D eigenvalue weighted by atomic mass is 19.1. The van der Waals surface area contributed by atoms with Gasteiger partial charge in [0.05, 0.1) is 24.5 Å². The van der Waals surface area contributed by atoms with Gasteiger partial charge in [-0.3, -0.25) is 4.79 Å². The van der Waals surface area contributed by atoms with E-state index in [0.717, 1.165) is 5.57 Å². The molecule has 3 saturated carbocycles. The average Bonchev–Trinajstić information content (AvgIpc) is 3.14. The minimum absolute atomic E-state index is 0.129. The summed E-state index contributed by atoms with van der Waals surface area (Å²) < 4.78 is 30.4. The number of halogens is 1. The molecule has 5 aliphatic rings. The van der Waals surface area contributed by atoms with Gasteiger partial charge in [-0.25, -0.2) is 4.39 Å². The van der Waals surface area contributed by atoms with Gasteiger partial charge in [0.15, 0.2) is 17.2 Å². The highest BCUT2D eigenvalue weighted by Gasteiger charge is 2.79. The number of allylic oxidation sites excluding steroid dienone is 4. The molecule has 8 heteroatoms. The fraction of sp³-hybridized carbons (Fsp3) is 0.769. The molecule has 0 amide bonds. The summed E-state index contributed by atoms with van der Waals surface area (Å²) in [6, 6.07) is 0. The number of ether oxygens (including phenoxy) is 2. The van der Waals surface area contributed by atoms with E-state index in [1.54, 1.807) is 31.3 Å². The number of carbonyl (C=O) groups excluding carboxylic acids is 1. The number of fused-ring (bicyclic) bond motifs is 7. The summed E-state index contributed by atoms with van der Waals surface area (Å²) in [5, 5.41) is 28.3. The number of hydrogen-bond donors (Lipinski definition) is 2. The molecular weight excluding hydrogens is 439 g/mol. The lowest BCUT2D eigenvalue weighted by Crippen LogP contribution is -2.70. The van der Waals surface area contributed by atoms with E-state index in [-0.39, 0.29) is 24.7 Å². The summed E-state index contributed by atoms with van der Waals surface area (Å²) >= 11 is 0. The van der Waals surface area contributed by atoms with Crippen LogP contribution in [0.25, 0.3) is 0 Å². The SMILES string of the molecule is CN(C)/N=C(/CO)[C@@]12OC(C)(C)O[C@@H]1C[C@H]1[C@@H]3CCC4=CC(=O)C=C[C@]4(C)[C@@]3(F)[C@@H](O)C[C@@]12C. The smallest absolute Gasteiger partial charge is 0.178 e. The van der Waals surface area contributed by atoms with Crippen LogP contribution in [0, 0.1) is 22.7 Å². The lowest BCUT2D eigenvalue weighted by atomic mass is 9.44. The third-order valence-corrected chi connectivity index (χ3v) is 9.53. The Bertz CT molecular complexity index is 1010. The molecular formula is C26H37FN2O5. The van der Waals surface area contributed by atoms with Gasteiger partial charge in [-0.2, -0.15) is 5.10 Å². The molecule has 1 saturated heterocycles. The first kappa shape index (κ1) is 24.1. The van der Waals surface area contributed by atoms with E-state index in [2.05, 4.69) is 5.10 Å². The van der Waals surface area contributed by atoms with Crippen LogP contribution in [0.2, 0.25) is 0 Å². The second-order valence-corrected chi connectivity index (χ2v) is 11.9. The van der Waals surface area contributed by atoms with E-state index < -0.39 is 46.0 Å². The first-order chi connectivity index (χ1) is 15.7. The van der Waals surface area contributed by atoms with E-state index in [9.17, 15) is 15.0 Å². The predicted octanol–water partition coefficient (Wildman–Crippen LogP) is 2.77. The summed E-state index contributed by atoms with van der Waals surface area (Å²) in [4.78, 5) is 12.0. The standard InChI is InChI=1S/C26H37FN2O5/c1-22(2)33-21-12-18-17-8-7-15-11-16(31)9-10-23(15,3)25(17,27)20(32)13-24(18,4)26(21,34-22)19(14-30)28-29(5)6/h9-11,17-18,20-21,30,32H,7-8,12-14H2,1-6H3/b28-19-/t17-,18-,20-,21+,23-,24-,25-,26+/m0/s1. The molecule has 0 radical (unpaired) electrons. The summed E-state index contributed by atoms with van der Waals surface area (Å²) in [7, 11) is 3.57. The summed E-state index contributed by atoms with van der Waals surface area (Å²) in [5.41, 5.74) is -3.57. The van der Waals surface area contributed by atoms with E-state index >= 15 is 4.39 Å². The van der Waals surface area contributed by atoms with Crippen molar-refractivity contribution in [1.82, 2.24) is 5.01 Å². The molecule has 1 heterocycles. The maximum Gasteiger partial charge on any atom is 0.178 e. The third-order valence-electron chi connectivity index (χ3n) is 9.53. The van der Waals surface area contributed by atoms with E-state index in [0.29, 0.717) is 25.0 Å². The maximum absolute atomic E-state index is 17.4. The van der Waals surface area contributed by atoms with E-state index in [4.69, 9.17) is 9.47 Å². The summed E-state index contributed by atoms with van der Waals surface area (Å²) in [6.07, 6.45) is 4.75. The van der Waals surface area contributed by atoms with Gasteiger partial charge in [0.1, 0.15) is 5.60 Å². The van der Waals surface area contributed by atoms with Gasteiger partial charge in [-0.15, -0.1) is 0 Å². The molecule has 188 valence electrons. The van der Waals surface area contributed by atoms with Crippen LogP contribution in [-0.4, -0.2) is 76.7 Å². The molecule has 0 aromatic heterocycles. The van der Waals surface area contributed by atoms with Crippen molar-refractivity contribution in [2.24, 2.45) is 27.8 Å². The van der Waals surface area contributed by atoms with Gasteiger partial charge < -0.3 is 24.7 Å². The number of hydrogen-bond acceptors (Lipinski definition) is 7. The molecule has 5 rings (SSSR count). The Balaban J connectivity index is 1.66. The molecule has 0 bridgehead atoms. The van der Waals surface area contributed by atoms with Crippen molar-refractivity contribution in [1.29, 1.82) is 0 Å². The molecule has 1 aliphatic heterocycles. The molecule has 4 aliphatic carbocycles. The van der Waals surface area contributed by atoms with Gasteiger partial charge in [0.25, 0.3) is 0 Å². The van der Waals surface area contributed by atoms with Crippen LogP contribution >= 0.6 is 0 Å². The molecule has 7 nitrogen and oxygen atoms in total. The van der Waals surface area contributed by atoms with Crippen molar-refractivity contribution in [3.05, 3.63) is 23.8 Å². The van der Waals surface area contributed by atoms with Crippen molar-refractivity contribution < 1.29 is 28.9 Å². The minimum atomic E-state index is -1.92. The Morgan fingerprint density at radius 3 is 2.62 bits per heavy atom. The zero-order valence-electron chi connectivity index (χ0n) is 21.0. The van der Waals surface area contributed by atoms with Crippen LogP contribution in [0.4, 0.5) is 4.39 Å². The fourth-order valence-corrected chi connectivity index (χ4v) is 8.29. The molecule has 0 aromatic carbocycles. The average molecular weight is 477 g/mol. The van der Waals surface area contributed by atoms with Crippen molar-refractivity contribution in [2.75, 3.05) is 20.7 Å². The molecule has 4 fully saturated rings. The normalized spacial score (nSPS) is 49.1. The molecule has 8 atom stereocenters. The number of ketones is 1. The number of hydrazone groups is 1. The Morgan fingerprint density at radius 2 is 1.97 bits per heavy atom. The second kappa shape index (κ2) is 7.21. The van der Waals surface area contributed by atoms with Crippen LogP contribution in [0.15, 0.2) is 28.9 Å². The molecule has 2 N–H and O–H groups in total. The largest absolute Gasteiger partial charge is 0.390 e. The van der Waals surface area contributed by atoms with Crippen LogP contribution in [0.5, 0.6) is 0 Å². The lowest BCUT2D eigenvalue weighted by Gasteiger charge is -2.63. The topological polar surface area (TPSA) is 91.6 Å². The van der Waals surface area contributed by atoms with Crippen molar-refractivity contribution in [3.8, 4) is 0 Å². The molecule has 34 heavy (non-hydrogen) atoms. The first-order valence-corrected chi connectivity index (χ1v) is 12.3. The number of nitrogens with zero attached hydrogens (tertiary/aromatic N) is 2. The van der Waals surface area contributed by atoms with Gasteiger partial charge in [-0.1, -0.05) is 18.6 Å². The molecule has 0 spiro atoms.